The average Bonchev–Trinajstić information content (AvgIpc) is 2.32. The molecule has 0 bridgehead atoms. The Bertz CT molecular complexity index is 481. The van der Waals surface area contributed by atoms with Crippen molar-refractivity contribution in [1.29, 1.82) is 0 Å². The summed E-state index contributed by atoms with van der Waals surface area (Å²) in [7, 11) is 0. The highest BCUT2D eigenvalue weighted by molar-refractivity contribution is 7.98. The van der Waals surface area contributed by atoms with Gasteiger partial charge in [-0.15, -0.1) is 0 Å². The van der Waals surface area contributed by atoms with E-state index in [2.05, 4.69) is 10.6 Å². The quantitative estimate of drug-likeness (QED) is 0.753. The van der Waals surface area contributed by atoms with Crippen LogP contribution in [0.2, 0.25) is 5.02 Å². The summed E-state index contributed by atoms with van der Waals surface area (Å²) in [6.45, 7) is 0. The molecule has 5 nitrogen and oxygen atoms in total. The van der Waals surface area contributed by atoms with E-state index in [9.17, 15) is 14.0 Å². The number of carbonyl (C=O) groups excluding carboxylic acids is 1. The second kappa shape index (κ2) is 7.96. The van der Waals surface area contributed by atoms with Gasteiger partial charge in [0.1, 0.15) is 11.9 Å². The number of halogens is 2. The van der Waals surface area contributed by atoms with Crippen LogP contribution >= 0.6 is 23.4 Å². The Kier molecular flexibility index (Phi) is 6.60. The maximum Gasteiger partial charge on any atom is 0.326 e. The molecular weight excluding hydrogens is 307 g/mol. The summed E-state index contributed by atoms with van der Waals surface area (Å²) < 4.78 is 13.1. The molecule has 0 aliphatic carbocycles. The Hall–Kier alpha value is -1.47. The van der Waals surface area contributed by atoms with Crippen LogP contribution in [0.1, 0.15) is 6.42 Å². The van der Waals surface area contributed by atoms with Gasteiger partial charge in [-0.05, 0) is 36.6 Å². The maximum absolute atomic E-state index is 13.1. The second-order valence-corrected chi connectivity index (χ2v) is 5.35. The first-order valence-corrected chi connectivity index (χ1v) is 7.45. The molecule has 0 radical (unpaired) electrons. The number of nitrogens with one attached hydrogen (secondary N) is 2. The molecule has 0 saturated carbocycles. The molecule has 20 heavy (non-hydrogen) atoms. The molecule has 1 rings (SSSR count). The van der Waals surface area contributed by atoms with Crippen LogP contribution in [-0.2, 0) is 4.79 Å². The van der Waals surface area contributed by atoms with Crippen LogP contribution in [0.15, 0.2) is 18.2 Å². The van der Waals surface area contributed by atoms with Crippen molar-refractivity contribution < 1.29 is 19.1 Å². The van der Waals surface area contributed by atoms with Crippen LogP contribution < -0.4 is 10.6 Å². The van der Waals surface area contributed by atoms with Gasteiger partial charge in [0.2, 0.25) is 0 Å². The number of benzene rings is 1. The third-order valence-electron chi connectivity index (χ3n) is 2.33. The summed E-state index contributed by atoms with van der Waals surface area (Å²) >= 11 is 7.13. The molecule has 1 aromatic carbocycles. The zero-order valence-electron chi connectivity index (χ0n) is 10.7. The molecule has 0 spiro atoms. The van der Waals surface area contributed by atoms with Crippen molar-refractivity contribution >= 4 is 41.1 Å². The lowest BCUT2D eigenvalue weighted by Gasteiger charge is -2.14. The highest BCUT2D eigenvalue weighted by atomic mass is 35.5. The van der Waals surface area contributed by atoms with Gasteiger partial charge in [0.25, 0.3) is 0 Å². The minimum absolute atomic E-state index is 0.137. The van der Waals surface area contributed by atoms with Crippen LogP contribution in [0, 0.1) is 5.82 Å². The van der Waals surface area contributed by atoms with Crippen LogP contribution in [0.25, 0.3) is 0 Å². The molecule has 0 saturated heterocycles. The Balaban J connectivity index is 2.63. The number of rotatable bonds is 6. The van der Waals surface area contributed by atoms with Crippen LogP contribution in [0.5, 0.6) is 0 Å². The molecule has 0 unspecified atom stereocenters. The number of hydrogen-bond donors (Lipinski definition) is 3. The lowest BCUT2D eigenvalue weighted by molar-refractivity contribution is -0.139. The Labute approximate surface area is 124 Å². The fourth-order valence-corrected chi connectivity index (χ4v) is 2.14. The van der Waals surface area contributed by atoms with Gasteiger partial charge in [0.05, 0.1) is 0 Å². The Morgan fingerprint density at radius 3 is 2.70 bits per heavy atom. The van der Waals surface area contributed by atoms with Gasteiger partial charge in [-0.2, -0.15) is 11.8 Å². The van der Waals surface area contributed by atoms with E-state index < -0.39 is 23.9 Å². The van der Waals surface area contributed by atoms with Crippen molar-refractivity contribution in [2.75, 3.05) is 17.3 Å². The number of urea groups is 1. The lowest BCUT2D eigenvalue weighted by Crippen LogP contribution is -2.43. The lowest BCUT2D eigenvalue weighted by atomic mass is 10.2. The van der Waals surface area contributed by atoms with Gasteiger partial charge < -0.3 is 15.7 Å². The fraction of sp³-hybridized carbons (Fsp3) is 0.333. The van der Waals surface area contributed by atoms with E-state index in [-0.39, 0.29) is 10.7 Å². The number of amides is 2. The highest BCUT2D eigenvalue weighted by Crippen LogP contribution is 2.17. The minimum atomic E-state index is -1.12. The summed E-state index contributed by atoms with van der Waals surface area (Å²) in [5.74, 6) is -1.11. The number of carboxylic acids is 1. The molecule has 0 aliphatic heterocycles. The van der Waals surface area contributed by atoms with E-state index in [0.29, 0.717) is 12.2 Å². The molecule has 0 aromatic heterocycles. The number of anilines is 1. The minimum Gasteiger partial charge on any atom is -0.480 e. The molecule has 2 amide bonds. The zero-order chi connectivity index (χ0) is 15.1. The van der Waals surface area contributed by atoms with Gasteiger partial charge in [0.15, 0.2) is 0 Å². The van der Waals surface area contributed by atoms with Crippen molar-refractivity contribution in [2.24, 2.45) is 0 Å². The highest BCUT2D eigenvalue weighted by Gasteiger charge is 2.19. The molecule has 1 aromatic rings. The molecule has 8 heteroatoms. The fourth-order valence-electron chi connectivity index (χ4n) is 1.44. The molecular formula is C12H14ClFN2O3S. The Morgan fingerprint density at radius 2 is 2.15 bits per heavy atom. The smallest absolute Gasteiger partial charge is 0.326 e. The van der Waals surface area contributed by atoms with Crippen molar-refractivity contribution in [3.63, 3.8) is 0 Å². The van der Waals surface area contributed by atoms with E-state index in [1.165, 1.54) is 17.8 Å². The molecule has 3 N–H and O–H groups in total. The summed E-state index contributed by atoms with van der Waals surface area (Å²) in [4.78, 5) is 22.6. The zero-order valence-corrected chi connectivity index (χ0v) is 12.2. The number of carbonyl (C=O) groups is 2. The standard InChI is InChI=1S/C12H14ClFN2O3S/c1-20-3-2-10(11(17)18)16-12(19)15-9-5-7(13)4-8(14)6-9/h4-6,10H,2-3H2,1H3,(H,17,18)(H2,15,16,19)/t10-/m0/s1. The largest absolute Gasteiger partial charge is 0.480 e. The van der Waals surface area contributed by atoms with E-state index in [0.717, 1.165) is 12.1 Å². The van der Waals surface area contributed by atoms with E-state index in [4.69, 9.17) is 16.7 Å². The van der Waals surface area contributed by atoms with Gasteiger partial charge >= 0.3 is 12.0 Å². The molecule has 0 aliphatic rings. The van der Waals surface area contributed by atoms with Crippen molar-refractivity contribution in [2.45, 2.75) is 12.5 Å². The second-order valence-electron chi connectivity index (χ2n) is 3.93. The monoisotopic (exact) mass is 320 g/mol. The molecule has 0 heterocycles. The maximum atomic E-state index is 13.1. The molecule has 110 valence electrons. The van der Waals surface area contributed by atoms with Gasteiger partial charge in [0, 0.05) is 10.7 Å². The van der Waals surface area contributed by atoms with Crippen molar-refractivity contribution in [3.8, 4) is 0 Å². The first kappa shape index (κ1) is 16.6. The number of thioether (sulfide) groups is 1. The van der Waals surface area contributed by atoms with Crippen LogP contribution in [0.4, 0.5) is 14.9 Å². The summed E-state index contributed by atoms with van der Waals surface area (Å²) in [5.41, 5.74) is 0.154. The number of carboxylic acid groups (broad SMARTS) is 1. The van der Waals surface area contributed by atoms with Crippen molar-refractivity contribution in [1.82, 2.24) is 5.32 Å². The predicted molar refractivity (Wildman–Crippen MR) is 78.0 cm³/mol. The average molecular weight is 321 g/mol. The van der Waals surface area contributed by atoms with Gasteiger partial charge in [-0.25, -0.2) is 14.0 Å². The normalized spacial score (nSPS) is 11.8. The third kappa shape index (κ3) is 5.66. The predicted octanol–water partition coefficient (Wildman–Crippen LogP) is 2.81. The van der Waals surface area contributed by atoms with Crippen LogP contribution in [-0.4, -0.2) is 35.2 Å². The summed E-state index contributed by atoms with van der Waals surface area (Å²) in [5, 5.41) is 13.8. The van der Waals surface area contributed by atoms with Crippen molar-refractivity contribution in [3.05, 3.63) is 29.0 Å². The first-order valence-electron chi connectivity index (χ1n) is 5.67. The molecule has 1 atom stereocenters. The summed E-state index contributed by atoms with van der Waals surface area (Å²) in [6, 6.07) is 1.83. The topological polar surface area (TPSA) is 78.4 Å². The van der Waals surface area contributed by atoms with E-state index in [1.807, 2.05) is 6.26 Å². The number of hydrogen-bond acceptors (Lipinski definition) is 3. The van der Waals surface area contributed by atoms with Gasteiger partial charge in [-0.3, -0.25) is 0 Å². The third-order valence-corrected chi connectivity index (χ3v) is 3.20. The first-order chi connectivity index (χ1) is 9.42. The summed E-state index contributed by atoms with van der Waals surface area (Å²) in [6.07, 6.45) is 2.14. The number of aliphatic carboxylic acids is 1. The molecule has 0 fully saturated rings. The van der Waals surface area contributed by atoms with Gasteiger partial charge in [-0.1, -0.05) is 11.6 Å². The SMILES string of the molecule is CSCC[C@H](NC(=O)Nc1cc(F)cc(Cl)c1)C(=O)O. The van der Waals surface area contributed by atoms with E-state index >= 15 is 0 Å². The van der Waals surface area contributed by atoms with Crippen LogP contribution in [0.3, 0.4) is 0 Å². The Morgan fingerprint density at radius 1 is 1.45 bits per heavy atom. The van der Waals surface area contributed by atoms with E-state index in [1.54, 1.807) is 0 Å².